The highest BCUT2D eigenvalue weighted by Gasteiger charge is 2.57. The maximum atomic E-state index is 13.3. The van der Waals surface area contributed by atoms with Gasteiger partial charge in [-0.2, -0.15) is 28.6 Å². The number of ether oxygens (including phenoxy) is 4. The minimum absolute atomic E-state index is 0.0406. The molecule has 0 aromatic heterocycles. The van der Waals surface area contributed by atoms with Gasteiger partial charge in [-0.1, -0.05) is 121 Å². The lowest BCUT2D eigenvalue weighted by Gasteiger charge is -2.38. The van der Waals surface area contributed by atoms with Gasteiger partial charge >= 0.3 is 11.9 Å². The maximum Gasteiger partial charge on any atom is 0.340 e. The van der Waals surface area contributed by atoms with E-state index in [9.17, 15) is 45.1 Å². The first-order valence-electron chi connectivity index (χ1n) is 29.8. The van der Waals surface area contributed by atoms with Crippen LogP contribution in [0.2, 0.25) is 0 Å². The summed E-state index contributed by atoms with van der Waals surface area (Å²) in [6.07, 6.45) is 4.77. The number of anilines is 1. The third kappa shape index (κ3) is 12.6. The molecule has 470 valence electrons. The fourth-order valence-electron chi connectivity index (χ4n) is 12.4. The van der Waals surface area contributed by atoms with Crippen LogP contribution in [-0.2, 0) is 52.1 Å². The Morgan fingerprint density at radius 1 is 0.708 bits per heavy atom. The number of aryl methyl sites for hydroxylation is 2. The molecule has 2 unspecified atom stereocenters. The Kier molecular flexibility index (Phi) is 18.1. The van der Waals surface area contributed by atoms with Gasteiger partial charge in [0, 0.05) is 69.5 Å². The first-order chi connectivity index (χ1) is 42.1. The van der Waals surface area contributed by atoms with Crippen LogP contribution in [0.4, 0.5) is 5.69 Å². The fourth-order valence-corrected chi connectivity index (χ4v) is 15.6. The quantitative estimate of drug-likeness (QED) is 0.0218. The van der Waals surface area contributed by atoms with E-state index < -0.39 is 70.3 Å². The summed E-state index contributed by atoms with van der Waals surface area (Å²) in [5.41, 5.74) is 9.92. The van der Waals surface area contributed by atoms with Crippen molar-refractivity contribution in [1.29, 1.82) is 0 Å². The van der Waals surface area contributed by atoms with E-state index in [1.54, 1.807) is 0 Å². The first-order valence-corrected chi connectivity index (χ1v) is 33.7. The van der Waals surface area contributed by atoms with Crippen molar-refractivity contribution in [2.75, 3.05) is 31.2 Å². The Hall–Kier alpha value is -7.89. The molecule has 5 atom stereocenters. The molecular formula is C67H75N5O14S3. The highest BCUT2D eigenvalue weighted by Crippen LogP contribution is 2.60. The highest BCUT2D eigenvalue weighted by molar-refractivity contribution is 8.00. The van der Waals surface area contributed by atoms with Crippen LogP contribution >= 0.6 is 11.8 Å². The molecule has 0 radical (unpaired) electrons. The Morgan fingerprint density at radius 2 is 1.30 bits per heavy atom. The number of carbonyl (C=O) groups excluding carboxylic acids is 4. The van der Waals surface area contributed by atoms with Crippen LogP contribution in [-0.4, -0.2) is 92.5 Å². The molecular weight excluding hydrogens is 1190 g/mol. The number of thioether (sulfide) groups is 1. The number of nitrogens with two attached hydrogens (primary N) is 1. The minimum Gasteiger partial charge on any atom is -0.493 e. The molecule has 19 nitrogen and oxygen atoms in total. The second kappa shape index (κ2) is 25.2. The molecule has 6 aromatic rings. The van der Waals surface area contributed by atoms with Crippen LogP contribution in [0.15, 0.2) is 125 Å². The molecule has 2 saturated heterocycles. The van der Waals surface area contributed by atoms with Gasteiger partial charge < -0.3 is 45.9 Å². The van der Waals surface area contributed by atoms with E-state index in [4.69, 9.17) is 24.7 Å². The lowest BCUT2D eigenvalue weighted by atomic mass is 9.71. The molecule has 1 aliphatic carbocycles. The number of unbranched alkanes of at least 4 members (excludes halogenated alkanes) is 1. The van der Waals surface area contributed by atoms with Gasteiger partial charge in [0.1, 0.15) is 10.6 Å². The fraction of sp³-hybridized carbons (Fsp3) is 0.373. The minimum atomic E-state index is -5.06. The normalized spacial score (nSPS) is 20.4. The summed E-state index contributed by atoms with van der Waals surface area (Å²) in [5, 5.41) is 13.2. The Bertz CT molecular complexity index is 3990. The SMILES string of the molecule is C=C1N[C@H]2[C@H](CS[C@H]2CCCCC(=O)NCC(C)C)N1.Cc1ccc2c(c1)Cc1cc(OCC(C)C)ccc1C21OC(=O)c2ccccc21.Cc1ccc2c(c1S(=O)(=O)O)Oc1c(ccc(N)c1S(=O)(=O)O)C21OC(=O)c2cc(C(=O)NCC(C)C)ccc21. The molecule has 0 saturated carbocycles. The second-order valence-electron chi connectivity index (χ2n) is 24.6. The Morgan fingerprint density at radius 3 is 1.99 bits per heavy atom. The first kappa shape index (κ1) is 64.1. The summed E-state index contributed by atoms with van der Waals surface area (Å²) >= 11 is 2.04. The Labute approximate surface area is 523 Å². The Balaban J connectivity index is 0.000000156. The summed E-state index contributed by atoms with van der Waals surface area (Å²) in [6, 6.07) is 30.9. The third-order valence-corrected chi connectivity index (χ3v) is 19.9. The zero-order valence-corrected chi connectivity index (χ0v) is 53.4. The van der Waals surface area contributed by atoms with E-state index in [1.807, 2.05) is 55.9 Å². The average molecular weight is 1270 g/mol. The molecule has 6 aliphatic rings. The lowest BCUT2D eigenvalue weighted by Crippen LogP contribution is -2.36. The van der Waals surface area contributed by atoms with E-state index in [0.29, 0.717) is 54.3 Å². The molecule has 2 amide bonds. The van der Waals surface area contributed by atoms with Crippen molar-refractivity contribution in [3.63, 3.8) is 0 Å². The monoisotopic (exact) mass is 1270 g/mol. The number of fused-ring (bicyclic) bond motifs is 13. The number of hydrogen-bond acceptors (Lipinski definition) is 16. The van der Waals surface area contributed by atoms with E-state index >= 15 is 0 Å². The van der Waals surface area contributed by atoms with Gasteiger partial charge in [0.2, 0.25) is 5.91 Å². The standard InChI is InChI=1S/C26H24N2O10S2.C26H24O3.C15H27N3OS/c1-12(2)11-28-24(29)14-5-7-16-15(10-14)25(30)38-26(16)17-6-4-13(3)22(39(31,32)33)20(17)37-21-18(26)8-9-19(27)23(21)40(34,35)36;1-16(2)15-28-20-9-11-23-19(14-20)13-18-12-17(3)8-10-22(18)26(23)24-7-5-4-6-21(24)25(27)29-26;1-10(2)8-16-14(19)7-5-4-6-13-15-12(9-20-13)17-11(3)18-15/h4-10,12H,11,27H2,1-3H3,(H,28,29)(H,31,32,33)(H,34,35,36);4-12,14,16H,13,15H2,1-3H3;10,12-13,15,17-18H,3-9H2,1-2H3,(H,16,19)/t;;12-,13-,15-/m..0/s1. The van der Waals surface area contributed by atoms with Crippen molar-refractivity contribution in [2.24, 2.45) is 17.8 Å². The van der Waals surface area contributed by atoms with Crippen molar-refractivity contribution < 1.29 is 64.1 Å². The van der Waals surface area contributed by atoms with Crippen molar-refractivity contribution in [2.45, 2.75) is 126 Å². The molecule has 22 heteroatoms. The largest absolute Gasteiger partial charge is 0.493 e. The number of nitrogen functional groups attached to an aromatic ring is 1. The van der Waals surface area contributed by atoms with Gasteiger partial charge in [-0.3, -0.25) is 18.7 Å². The van der Waals surface area contributed by atoms with E-state index in [1.165, 1.54) is 60.9 Å². The predicted octanol–water partition coefficient (Wildman–Crippen LogP) is 10.3. The van der Waals surface area contributed by atoms with Crippen LogP contribution < -0.4 is 36.5 Å². The number of nitrogens with one attached hydrogen (secondary N) is 4. The molecule has 2 fully saturated rings. The zero-order valence-electron chi connectivity index (χ0n) is 50.9. The zero-order chi connectivity index (χ0) is 64.1. The second-order valence-corrected chi connectivity index (χ2v) is 28.6. The van der Waals surface area contributed by atoms with E-state index in [0.717, 1.165) is 71.5 Å². The number of amides is 2. The van der Waals surface area contributed by atoms with E-state index in [-0.39, 0.29) is 51.2 Å². The number of carbonyl (C=O) groups is 4. The molecule has 2 spiro atoms. The van der Waals surface area contributed by atoms with Gasteiger partial charge in [-0.15, -0.1) is 0 Å². The smallest absolute Gasteiger partial charge is 0.340 e. The predicted molar refractivity (Wildman–Crippen MR) is 339 cm³/mol. The van der Waals surface area contributed by atoms with Crippen LogP contribution in [0.1, 0.15) is 154 Å². The lowest BCUT2D eigenvalue weighted by molar-refractivity contribution is -0.121. The average Bonchev–Trinajstić information content (AvgIpc) is 1.71. The molecule has 8 N–H and O–H groups in total. The molecule has 0 bridgehead atoms. The van der Waals surface area contributed by atoms with Crippen molar-refractivity contribution in [3.8, 4) is 17.2 Å². The summed E-state index contributed by atoms with van der Waals surface area (Å²) in [7, 11) is -10.0. The summed E-state index contributed by atoms with van der Waals surface area (Å²) < 4.78 is 93.7. The van der Waals surface area contributed by atoms with Crippen LogP contribution in [0.3, 0.4) is 0 Å². The number of benzene rings is 6. The molecule has 89 heavy (non-hydrogen) atoms. The van der Waals surface area contributed by atoms with Crippen LogP contribution in [0, 0.1) is 31.6 Å². The van der Waals surface area contributed by atoms with Crippen LogP contribution in [0.25, 0.3) is 0 Å². The van der Waals surface area contributed by atoms with Gasteiger partial charge in [0.05, 0.1) is 41.3 Å². The van der Waals surface area contributed by atoms with Crippen molar-refractivity contribution in [1.82, 2.24) is 21.3 Å². The third-order valence-electron chi connectivity index (χ3n) is 16.4. The highest BCUT2D eigenvalue weighted by atomic mass is 32.2. The van der Waals surface area contributed by atoms with Gasteiger partial charge in [0.15, 0.2) is 27.6 Å². The molecule has 6 aromatic carbocycles. The number of rotatable bonds is 15. The van der Waals surface area contributed by atoms with Crippen LogP contribution in [0.5, 0.6) is 17.2 Å². The maximum absolute atomic E-state index is 13.3. The van der Waals surface area contributed by atoms with Gasteiger partial charge in [-0.05, 0) is 110 Å². The van der Waals surface area contributed by atoms with Gasteiger partial charge in [0.25, 0.3) is 26.1 Å². The van der Waals surface area contributed by atoms with Crippen molar-refractivity contribution >= 4 is 61.4 Å². The summed E-state index contributed by atoms with van der Waals surface area (Å²) in [6.45, 7) is 21.6. The number of esters is 2. The number of hydrogen-bond donors (Lipinski definition) is 7. The van der Waals surface area contributed by atoms with E-state index in [2.05, 4.69) is 92.8 Å². The molecule has 5 aliphatic heterocycles. The summed E-state index contributed by atoms with van der Waals surface area (Å²) in [4.78, 5) is 48.9. The molecule has 5 heterocycles. The molecule has 12 rings (SSSR count). The topological polar surface area (TPSA) is 288 Å². The van der Waals surface area contributed by atoms with Gasteiger partial charge in [-0.25, -0.2) is 9.59 Å². The summed E-state index contributed by atoms with van der Waals surface area (Å²) in [5.74, 6) is 1.64. The van der Waals surface area contributed by atoms with Crippen molar-refractivity contribution in [3.05, 3.63) is 188 Å².